The van der Waals surface area contributed by atoms with Gasteiger partial charge in [0.25, 0.3) is 0 Å². The molecule has 3 nitrogen and oxygen atoms in total. The van der Waals surface area contributed by atoms with Crippen molar-refractivity contribution in [3.63, 3.8) is 0 Å². The van der Waals surface area contributed by atoms with Gasteiger partial charge in [0.2, 0.25) is 0 Å². The minimum absolute atomic E-state index is 0.220. The summed E-state index contributed by atoms with van der Waals surface area (Å²) in [4.78, 5) is 0. The summed E-state index contributed by atoms with van der Waals surface area (Å²) in [6, 6.07) is 2.16. The topological polar surface area (TPSA) is 44.5 Å². The molecule has 2 N–H and O–H groups in total. The molecule has 0 aliphatic heterocycles. The number of nitrogens with two attached hydrogens (primary N) is 1. The third-order valence-electron chi connectivity index (χ3n) is 2.47. The van der Waals surface area contributed by atoms with Crippen LogP contribution in [0.5, 0.6) is 0 Å². The lowest BCUT2D eigenvalue weighted by molar-refractivity contribution is 0.237. The Morgan fingerprint density at radius 2 is 1.77 bits per heavy atom. The van der Waals surface area contributed by atoms with Crippen LogP contribution in [0, 0.1) is 0 Å². The van der Waals surface area contributed by atoms with E-state index in [9.17, 15) is 0 Å². The van der Waals surface area contributed by atoms with Gasteiger partial charge in [-0.3, -0.25) is 0 Å². The molecule has 13 heavy (non-hydrogen) atoms. The zero-order valence-corrected chi connectivity index (χ0v) is 10.3. The predicted octanol–water partition coefficient (Wildman–Crippen LogP) is 1.87. The summed E-state index contributed by atoms with van der Waals surface area (Å²) >= 11 is 0. The number of hydrogen-bond acceptors (Lipinski definition) is 3. The Morgan fingerprint density at radius 3 is 2.08 bits per heavy atom. The quantitative estimate of drug-likeness (QED) is 0.645. The van der Waals surface area contributed by atoms with Gasteiger partial charge in [-0.25, -0.2) is 0 Å². The van der Waals surface area contributed by atoms with Crippen molar-refractivity contribution in [1.82, 2.24) is 0 Å². The van der Waals surface area contributed by atoms with Crippen LogP contribution >= 0.6 is 0 Å². The van der Waals surface area contributed by atoms with Gasteiger partial charge < -0.3 is 14.6 Å². The van der Waals surface area contributed by atoms with Gasteiger partial charge in [0.15, 0.2) is 0 Å². The van der Waals surface area contributed by atoms with Gasteiger partial charge in [-0.05, 0) is 12.5 Å². The van der Waals surface area contributed by atoms with Gasteiger partial charge in [0.1, 0.15) is 0 Å². The molecule has 0 heterocycles. The van der Waals surface area contributed by atoms with Crippen LogP contribution in [-0.2, 0) is 8.85 Å². The Morgan fingerprint density at radius 1 is 1.23 bits per heavy atom. The molecular weight excluding hydrogens is 182 g/mol. The van der Waals surface area contributed by atoms with E-state index < -0.39 is 8.56 Å². The van der Waals surface area contributed by atoms with E-state index in [4.69, 9.17) is 14.6 Å². The fourth-order valence-corrected chi connectivity index (χ4v) is 4.44. The molecule has 0 saturated carbocycles. The van der Waals surface area contributed by atoms with Crippen LogP contribution < -0.4 is 5.73 Å². The second-order valence-corrected chi connectivity index (χ2v) is 6.99. The average Bonchev–Trinajstić information content (AvgIpc) is 2.17. The molecule has 0 fully saturated rings. The first-order valence-corrected chi connectivity index (χ1v) is 7.23. The van der Waals surface area contributed by atoms with Crippen LogP contribution in [-0.4, -0.2) is 28.8 Å². The van der Waals surface area contributed by atoms with E-state index in [2.05, 4.69) is 13.8 Å². The lowest BCUT2D eigenvalue weighted by atomic mass is 10.3. The van der Waals surface area contributed by atoms with Crippen LogP contribution in [0.4, 0.5) is 0 Å². The zero-order chi connectivity index (χ0) is 10.3. The van der Waals surface area contributed by atoms with Gasteiger partial charge >= 0.3 is 8.56 Å². The molecule has 0 radical (unpaired) electrons. The lowest BCUT2D eigenvalue weighted by Crippen LogP contribution is -2.44. The molecule has 0 aromatic heterocycles. The van der Waals surface area contributed by atoms with Gasteiger partial charge in [0.05, 0.1) is 0 Å². The highest BCUT2D eigenvalue weighted by Gasteiger charge is 2.35. The highest BCUT2D eigenvalue weighted by Crippen LogP contribution is 2.21. The van der Waals surface area contributed by atoms with E-state index in [0.717, 1.165) is 24.9 Å². The molecule has 0 saturated heterocycles. The first-order valence-electron chi connectivity index (χ1n) is 5.00. The number of rotatable bonds is 7. The van der Waals surface area contributed by atoms with Crippen molar-refractivity contribution in [3.8, 4) is 0 Å². The molecule has 4 heteroatoms. The van der Waals surface area contributed by atoms with Gasteiger partial charge in [-0.15, -0.1) is 0 Å². The van der Waals surface area contributed by atoms with E-state index in [1.54, 1.807) is 14.2 Å². The highest BCUT2D eigenvalue weighted by molar-refractivity contribution is 6.67. The third kappa shape index (κ3) is 4.22. The fraction of sp³-hybridized carbons (Fsp3) is 1.00. The summed E-state index contributed by atoms with van der Waals surface area (Å²) in [6.07, 6.45) is 2.09. The fourth-order valence-electron chi connectivity index (χ4n) is 1.48. The zero-order valence-electron chi connectivity index (χ0n) is 9.30. The Balaban J connectivity index is 4.19. The molecule has 80 valence electrons. The normalized spacial score (nSPS) is 14.5. The summed E-state index contributed by atoms with van der Waals surface area (Å²) < 4.78 is 11.1. The first kappa shape index (κ1) is 13.1. The van der Waals surface area contributed by atoms with Crippen molar-refractivity contribution in [2.24, 2.45) is 5.73 Å². The van der Waals surface area contributed by atoms with Gasteiger partial charge in [-0.2, -0.15) is 0 Å². The monoisotopic (exact) mass is 205 g/mol. The van der Waals surface area contributed by atoms with E-state index >= 15 is 0 Å². The predicted molar refractivity (Wildman–Crippen MR) is 57.9 cm³/mol. The van der Waals surface area contributed by atoms with Crippen molar-refractivity contribution < 1.29 is 8.85 Å². The molecule has 0 aromatic carbocycles. The van der Waals surface area contributed by atoms with Gasteiger partial charge in [-0.1, -0.05) is 20.3 Å². The molecule has 0 spiro atoms. The molecule has 0 aromatic rings. The van der Waals surface area contributed by atoms with E-state index in [1.807, 2.05) is 0 Å². The average molecular weight is 205 g/mol. The van der Waals surface area contributed by atoms with E-state index in [1.165, 1.54) is 0 Å². The SMILES string of the molecule is CCC[Si](CC(N)CC)(OC)OC. The van der Waals surface area contributed by atoms with E-state index in [-0.39, 0.29) is 6.04 Å². The third-order valence-corrected chi connectivity index (χ3v) is 6.37. The Labute approximate surface area is 82.9 Å². The second-order valence-electron chi connectivity index (χ2n) is 3.44. The van der Waals surface area contributed by atoms with Crippen LogP contribution in [0.3, 0.4) is 0 Å². The smallest absolute Gasteiger partial charge is 0.339 e. The minimum atomic E-state index is -1.95. The maximum absolute atomic E-state index is 5.92. The molecule has 0 bridgehead atoms. The minimum Gasteiger partial charge on any atom is -0.398 e. The summed E-state index contributed by atoms with van der Waals surface area (Å²) in [5.74, 6) is 0. The summed E-state index contributed by atoms with van der Waals surface area (Å²) in [5, 5.41) is 0. The van der Waals surface area contributed by atoms with Crippen LogP contribution in [0.2, 0.25) is 12.1 Å². The summed E-state index contributed by atoms with van der Waals surface area (Å²) in [5.41, 5.74) is 5.92. The highest BCUT2D eigenvalue weighted by atomic mass is 28.4. The van der Waals surface area contributed by atoms with Crippen LogP contribution in [0.15, 0.2) is 0 Å². The Kier molecular flexibility index (Phi) is 6.58. The molecule has 1 atom stereocenters. The lowest BCUT2D eigenvalue weighted by Gasteiger charge is -2.29. The largest absolute Gasteiger partial charge is 0.398 e. The maximum atomic E-state index is 5.92. The summed E-state index contributed by atoms with van der Waals surface area (Å²) in [7, 11) is 1.54. The molecular formula is C9H23NO2Si. The molecule has 1 unspecified atom stereocenters. The number of hydrogen-bond donors (Lipinski definition) is 1. The van der Waals surface area contributed by atoms with Crippen molar-refractivity contribution >= 4 is 8.56 Å². The van der Waals surface area contributed by atoms with E-state index in [0.29, 0.717) is 0 Å². The molecule has 0 aliphatic carbocycles. The van der Waals surface area contributed by atoms with Crippen LogP contribution in [0.1, 0.15) is 26.7 Å². The Bertz CT molecular complexity index is 129. The van der Waals surface area contributed by atoms with Crippen molar-refractivity contribution in [3.05, 3.63) is 0 Å². The molecule has 0 amide bonds. The van der Waals surface area contributed by atoms with Crippen molar-refractivity contribution in [1.29, 1.82) is 0 Å². The van der Waals surface area contributed by atoms with Crippen molar-refractivity contribution in [2.45, 2.75) is 44.8 Å². The standard InChI is InChI=1S/C9H23NO2Si/c1-5-7-13(11-3,12-4)8-9(10)6-2/h9H,5-8,10H2,1-4H3. The summed E-state index contributed by atoms with van der Waals surface area (Å²) in [6.45, 7) is 4.25. The van der Waals surface area contributed by atoms with Crippen LogP contribution in [0.25, 0.3) is 0 Å². The van der Waals surface area contributed by atoms with Gasteiger partial charge in [0, 0.05) is 26.3 Å². The second kappa shape index (κ2) is 6.54. The molecule has 0 aliphatic rings. The Hall–Kier alpha value is 0.0969. The molecule has 0 rings (SSSR count). The maximum Gasteiger partial charge on any atom is 0.339 e. The van der Waals surface area contributed by atoms with Crippen molar-refractivity contribution in [2.75, 3.05) is 14.2 Å². The first-order chi connectivity index (χ1) is 6.14.